The van der Waals surface area contributed by atoms with Crippen LogP contribution in [0.25, 0.3) is 17.0 Å². The van der Waals surface area contributed by atoms with Gasteiger partial charge in [0, 0.05) is 5.39 Å². The normalized spacial score (nSPS) is 11.2. The van der Waals surface area contributed by atoms with E-state index in [9.17, 15) is 9.90 Å². The lowest BCUT2D eigenvalue weighted by atomic mass is 10.1. The number of phenolic OH excluding ortho intramolecular Hbond substituents is 1. The number of carbonyl (C=O) groups excluding carboxylic acids is 1. The van der Waals surface area contributed by atoms with Crippen LogP contribution in [0.1, 0.15) is 23.0 Å². The average Bonchev–Trinajstić information content (AvgIpc) is 2.99. The van der Waals surface area contributed by atoms with Crippen LogP contribution in [-0.4, -0.2) is 17.5 Å². The highest BCUT2D eigenvalue weighted by molar-refractivity contribution is 6.06. The van der Waals surface area contributed by atoms with E-state index in [1.165, 1.54) is 12.1 Å². The molecule has 0 aliphatic rings. The van der Waals surface area contributed by atoms with Gasteiger partial charge < -0.3 is 14.3 Å². The topological polar surface area (TPSA) is 59.7 Å². The zero-order valence-electron chi connectivity index (χ0n) is 12.7. The van der Waals surface area contributed by atoms with E-state index in [-0.39, 0.29) is 11.5 Å². The average molecular weight is 308 g/mol. The molecule has 0 spiro atoms. The molecule has 0 bridgehead atoms. The van der Waals surface area contributed by atoms with Crippen LogP contribution in [0.2, 0.25) is 0 Å². The van der Waals surface area contributed by atoms with E-state index in [1.807, 2.05) is 31.2 Å². The van der Waals surface area contributed by atoms with Crippen LogP contribution in [0, 0.1) is 0 Å². The summed E-state index contributed by atoms with van der Waals surface area (Å²) in [5.41, 5.74) is 1.45. The van der Waals surface area contributed by atoms with Crippen LogP contribution in [0.15, 0.2) is 59.0 Å². The molecule has 4 nitrogen and oxygen atoms in total. The number of ether oxygens (including phenoxy) is 1. The molecule has 3 rings (SSSR count). The van der Waals surface area contributed by atoms with Gasteiger partial charge in [0.2, 0.25) is 5.78 Å². The molecular formula is C19H16O4. The first-order chi connectivity index (χ1) is 11.2. The number of aromatic hydroxyl groups is 1. The molecule has 116 valence electrons. The molecular weight excluding hydrogens is 292 g/mol. The first-order valence-corrected chi connectivity index (χ1v) is 7.34. The van der Waals surface area contributed by atoms with E-state index in [1.54, 1.807) is 24.3 Å². The third-order valence-corrected chi connectivity index (χ3v) is 3.38. The minimum Gasteiger partial charge on any atom is -0.504 e. The third kappa shape index (κ3) is 3.26. The van der Waals surface area contributed by atoms with Crippen molar-refractivity contribution in [2.24, 2.45) is 0 Å². The zero-order valence-corrected chi connectivity index (χ0v) is 12.7. The monoisotopic (exact) mass is 308 g/mol. The minimum absolute atomic E-state index is 0.0765. The second-order valence-corrected chi connectivity index (χ2v) is 5.01. The van der Waals surface area contributed by atoms with Crippen molar-refractivity contribution in [2.75, 3.05) is 6.61 Å². The summed E-state index contributed by atoms with van der Waals surface area (Å²) in [6.07, 6.45) is 3.11. The number of hydrogen-bond acceptors (Lipinski definition) is 4. The second-order valence-electron chi connectivity index (χ2n) is 5.01. The molecule has 0 aliphatic heterocycles. The summed E-state index contributed by atoms with van der Waals surface area (Å²) in [5, 5.41) is 10.6. The molecule has 0 aliphatic carbocycles. The van der Waals surface area contributed by atoms with Gasteiger partial charge in [-0.15, -0.1) is 0 Å². The molecule has 0 atom stereocenters. The summed E-state index contributed by atoms with van der Waals surface area (Å²) in [5.74, 6) is 0.553. The number of rotatable bonds is 5. The molecule has 0 saturated heterocycles. The van der Waals surface area contributed by atoms with Crippen LogP contribution >= 0.6 is 0 Å². The number of phenols is 1. The smallest absolute Gasteiger partial charge is 0.221 e. The molecule has 1 heterocycles. The standard InChI is InChI=1S/C19H16O4/c1-2-22-18-11-13(7-9-15(18)20)8-10-16(21)19-12-14-5-3-4-6-17(14)23-19/h3-12,20H,2H2,1H3. The van der Waals surface area contributed by atoms with Gasteiger partial charge in [-0.1, -0.05) is 30.3 Å². The third-order valence-electron chi connectivity index (χ3n) is 3.38. The number of para-hydroxylation sites is 1. The minimum atomic E-state index is -0.216. The molecule has 0 fully saturated rings. The largest absolute Gasteiger partial charge is 0.504 e. The van der Waals surface area contributed by atoms with Crippen LogP contribution in [0.4, 0.5) is 0 Å². The maximum Gasteiger partial charge on any atom is 0.221 e. The lowest BCUT2D eigenvalue weighted by Gasteiger charge is -2.06. The molecule has 1 N–H and O–H groups in total. The number of ketones is 1. The Hall–Kier alpha value is -3.01. The lowest BCUT2D eigenvalue weighted by Crippen LogP contribution is -1.93. The van der Waals surface area contributed by atoms with Crippen LogP contribution in [0.5, 0.6) is 11.5 Å². The van der Waals surface area contributed by atoms with E-state index >= 15 is 0 Å². The van der Waals surface area contributed by atoms with Gasteiger partial charge in [0.25, 0.3) is 0 Å². The van der Waals surface area contributed by atoms with Gasteiger partial charge >= 0.3 is 0 Å². The van der Waals surface area contributed by atoms with Gasteiger partial charge in [-0.05, 0) is 42.8 Å². The van der Waals surface area contributed by atoms with E-state index in [4.69, 9.17) is 9.15 Å². The maximum atomic E-state index is 12.2. The van der Waals surface area contributed by atoms with Crippen molar-refractivity contribution >= 4 is 22.8 Å². The Labute approximate surface area is 133 Å². The van der Waals surface area contributed by atoms with Crippen molar-refractivity contribution in [1.82, 2.24) is 0 Å². The Morgan fingerprint density at radius 2 is 2.04 bits per heavy atom. The Morgan fingerprint density at radius 1 is 1.22 bits per heavy atom. The SMILES string of the molecule is CCOc1cc(C=CC(=O)c2cc3ccccc3o2)ccc1O. The molecule has 2 aromatic carbocycles. The molecule has 0 unspecified atom stereocenters. The van der Waals surface area contributed by atoms with E-state index in [2.05, 4.69) is 0 Å². The van der Waals surface area contributed by atoms with E-state index in [0.29, 0.717) is 23.7 Å². The first-order valence-electron chi connectivity index (χ1n) is 7.34. The zero-order chi connectivity index (χ0) is 16.2. The summed E-state index contributed by atoms with van der Waals surface area (Å²) in [6, 6.07) is 14.1. The second kappa shape index (κ2) is 6.40. The summed E-state index contributed by atoms with van der Waals surface area (Å²) in [6.45, 7) is 2.30. The highest BCUT2D eigenvalue weighted by atomic mass is 16.5. The van der Waals surface area contributed by atoms with Crippen molar-refractivity contribution in [2.45, 2.75) is 6.92 Å². The van der Waals surface area contributed by atoms with Crippen molar-refractivity contribution in [1.29, 1.82) is 0 Å². The van der Waals surface area contributed by atoms with Crippen LogP contribution in [0.3, 0.4) is 0 Å². The Morgan fingerprint density at radius 3 is 2.83 bits per heavy atom. The summed E-state index contributed by atoms with van der Waals surface area (Å²) >= 11 is 0. The number of hydrogen-bond donors (Lipinski definition) is 1. The molecule has 0 radical (unpaired) electrons. The predicted molar refractivity (Wildman–Crippen MR) is 88.9 cm³/mol. The van der Waals surface area contributed by atoms with Gasteiger partial charge in [-0.2, -0.15) is 0 Å². The lowest BCUT2D eigenvalue weighted by molar-refractivity contribution is 0.102. The highest BCUT2D eigenvalue weighted by Crippen LogP contribution is 2.27. The van der Waals surface area contributed by atoms with Crippen LogP contribution in [-0.2, 0) is 0 Å². The number of allylic oxidation sites excluding steroid dienone is 1. The first kappa shape index (κ1) is 14.9. The number of benzene rings is 2. The maximum absolute atomic E-state index is 12.2. The van der Waals surface area contributed by atoms with Crippen LogP contribution < -0.4 is 4.74 Å². The fraction of sp³-hybridized carbons (Fsp3) is 0.105. The van der Waals surface area contributed by atoms with Crippen molar-refractivity contribution in [3.05, 3.63) is 65.9 Å². The summed E-state index contributed by atoms with van der Waals surface area (Å²) in [4.78, 5) is 12.2. The van der Waals surface area contributed by atoms with Gasteiger partial charge in [0.1, 0.15) is 5.58 Å². The molecule has 1 aromatic heterocycles. The van der Waals surface area contributed by atoms with E-state index in [0.717, 1.165) is 10.9 Å². The quantitative estimate of drug-likeness (QED) is 0.559. The highest BCUT2D eigenvalue weighted by Gasteiger charge is 2.09. The van der Waals surface area contributed by atoms with Crippen molar-refractivity contribution in [3.63, 3.8) is 0 Å². The Kier molecular flexibility index (Phi) is 4.15. The fourth-order valence-corrected chi connectivity index (χ4v) is 2.26. The summed E-state index contributed by atoms with van der Waals surface area (Å²) in [7, 11) is 0. The molecule has 0 amide bonds. The fourth-order valence-electron chi connectivity index (χ4n) is 2.26. The van der Waals surface area contributed by atoms with Gasteiger partial charge in [0.15, 0.2) is 17.3 Å². The number of furan rings is 1. The molecule has 0 saturated carbocycles. The Bertz CT molecular complexity index is 841. The summed E-state index contributed by atoms with van der Waals surface area (Å²) < 4.78 is 10.9. The number of carbonyl (C=O) groups is 1. The van der Waals surface area contributed by atoms with Gasteiger partial charge in [-0.3, -0.25) is 4.79 Å². The van der Waals surface area contributed by atoms with Crippen molar-refractivity contribution < 1.29 is 19.1 Å². The molecule has 23 heavy (non-hydrogen) atoms. The van der Waals surface area contributed by atoms with Crippen molar-refractivity contribution in [3.8, 4) is 11.5 Å². The molecule has 4 heteroatoms. The number of fused-ring (bicyclic) bond motifs is 1. The van der Waals surface area contributed by atoms with Gasteiger partial charge in [0.05, 0.1) is 6.61 Å². The molecule has 3 aromatic rings. The predicted octanol–water partition coefficient (Wildman–Crippen LogP) is 4.43. The Balaban J connectivity index is 1.81. The van der Waals surface area contributed by atoms with Gasteiger partial charge in [-0.25, -0.2) is 0 Å². The van der Waals surface area contributed by atoms with E-state index < -0.39 is 0 Å².